The van der Waals surface area contributed by atoms with Crippen molar-refractivity contribution in [2.75, 3.05) is 0 Å². The molecule has 20 heavy (non-hydrogen) atoms. The molecule has 2 heterocycles. The lowest BCUT2D eigenvalue weighted by molar-refractivity contribution is 0.358. The van der Waals surface area contributed by atoms with Gasteiger partial charge in [-0.15, -0.1) is 11.6 Å². The van der Waals surface area contributed by atoms with Crippen molar-refractivity contribution in [3.63, 3.8) is 0 Å². The second-order valence-electron chi connectivity index (χ2n) is 6.04. The Bertz CT molecular complexity index is 611. The van der Waals surface area contributed by atoms with E-state index in [0.29, 0.717) is 6.04 Å². The minimum Gasteiger partial charge on any atom is -0.308 e. The van der Waals surface area contributed by atoms with Gasteiger partial charge in [0.1, 0.15) is 11.3 Å². The molecular formula is C16H22ClN3. The molecule has 0 N–H and O–H groups in total. The molecule has 1 fully saturated rings. The first kappa shape index (κ1) is 13.9. The van der Waals surface area contributed by atoms with E-state index in [9.17, 15) is 0 Å². The fourth-order valence-corrected chi connectivity index (χ4v) is 3.57. The average Bonchev–Trinajstić information content (AvgIpc) is 3.04. The number of fused-ring (bicyclic) bond motifs is 1. The lowest BCUT2D eigenvalue weighted by Crippen LogP contribution is -2.17. The Labute approximate surface area is 125 Å². The van der Waals surface area contributed by atoms with Gasteiger partial charge in [0, 0.05) is 11.7 Å². The zero-order valence-corrected chi connectivity index (χ0v) is 13.2. The summed E-state index contributed by atoms with van der Waals surface area (Å²) in [5.41, 5.74) is 2.99. The highest BCUT2D eigenvalue weighted by atomic mass is 35.5. The van der Waals surface area contributed by atoms with Crippen molar-refractivity contribution < 1.29 is 0 Å². The summed E-state index contributed by atoms with van der Waals surface area (Å²) in [6.45, 7) is 6.32. The van der Waals surface area contributed by atoms with Crippen LogP contribution < -0.4 is 0 Å². The molecule has 2 aromatic rings. The highest BCUT2D eigenvalue weighted by Gasteiger charge is 2.27. The number of imidazole rings is 1. The van der Waals surface area contributed by atoms with Gasteiger partial charge in [-0.3, -0.25) is 0 Å². The molecule has 4 heteroatoms. The second-order valence-corrected chi connectivity index (χ2v) is 6.69. The predicted molar refractivity (Wildman–Crippen MR) is 83.2 cm³/mol. The maximum Gasteiger partial charge on any atom is 0.160 e. The van der Waals surface area contributed by atoms with Crippen LogP contribution in [0.4, 0.5) is 0 Å². The van der Waals surface area contributed by atoms with E-state index in [1.807, 2.05) is 19.9 Å². The summed E-state index contributed by atoms with van der Waals surface area (Å²) in [5.74, 6) is 1.68. The van der Waals surface area contributed by atoms with E-state index >= 15 is 0 Å². The highest BCUT2D eigenvalue weighted by Crippen LogP contribution is 2.37. The van der Waals surface area contributed by atoms with Gasteiger partial charge in [-0.05, 0) is 51.7 Å². The van der Waals surface area contributed by atoms with E-state index < -0.39 is 0 Å². The van der Waals surface area contributed by atoms with Crippen LogP contribution in [0.3, 0.4) is 0 Å². The summed E-state index contributed by atoms with van der Waals surface area (Å²) in [5, 5.41) is -0.0895. The average molecular weight is 292 g/mol. The summed E-state index contributed by atoms with van der Waals surface area (Å²) in [7, 11) is 0. The van der Waals surface area contributed by atoms with Gasteiger partial charge < -0.3 is 4.57 Å². The van der Waals surface area contributed by atoms with Crippen LogP contribution in [0, 0.1) is 12.8 Å². The standard InChI is InChI=1S/C16H22ClN3/c1-10-8-9-14-16(18-10)20(15(19-14)11(2)17)12(3)13-6-4-5-7-13/h8-9,11-13H,4-7H2,1-3H3. The van der Waals surface area contributed by atoms with Gasteiger partial charge in [0.15, 0.2) is 5.65 Å². The van der Waals surface area contributed by atoms with Gasteiger partial charge in [0.2, 0.25) is 0 Å². The molecule has 2 atom stereocenters. The summed E-state index contributed by atoms with van der Waals surface area (Å²) in [4.78, 5) is 9.43. The van der Waals surface area contributed by atoms with Crippen LogP contribution >= 0.6 is 11.6 Å². The summed E-state index contributed by atoms with van der Waals surface area (Å²) in [6, 6.07) is 4.49. The minimum atomic E-state index is -0.0895. The minimum absolute atomic E-state index is 0.0895. The Morgan fingerprint density at radius 1 is 1.20 bits per heavy atom. The van der Waals surface area contributed by atoms with Gasteiger partial charge in [0.05, 0.1) is 5.38 Å². The van der Waals surface area contributed by atoms with Gasteiger partial charge >= 0.3 is 0 Å². The molecule has 0 aliphatic heterocycles. The normalized spacial score (nSPS) is 19.6. The number of aromatic nitrogens is 3. The van der Waals surface area contributed by atoms with Crippen molar-refractivity contribution >= 4 is 22.8 Å². The van der Waals surface area contributed by atoms with Crippen LogP contribution in [-0.2, 0) is 0 Å². The monoisotopic (exact) mass is 291 g/mol. The van der Waals surface area contributed by atoms with Gasteiger partial charge in [-0.25, -0.2) is 9.97 Å². The summed E-state index contributed by atoms with van der Waals surface area (Å²) < 4.78 is 2.29. The van der Waals surface area contributed by atoms with E-state index in [1.165, 1.54) is 25.7 Å². The number of halogens is 1. The third-order valence-corrected chi connectivity index (χ3v) is 4.74. The van der Waals surface area contributed by atoms with Crippen molar-refractivity contribution in [3.05, 3.63) is 23.7 Å². The number of alkyl halides is 1. The Morgan fingerprint density at radius 2 is 1.90 bits per heavy atom. The first-order valence-corrected chi connectivity index (χ1v) is 8.01. The molecule has 2 aromatic heterocycles. The molecule has 0 radical (unpaired) electrons. The Kier molecular flexibility index (Phi) is 3.72. The van der Waals surface area contributed by atoms with E-state index in [0.717, 1.165) is 28.6 Å². The molecule has 1 saturated carbocycles. The van der Waals surface area contributed by atoms with Crippen molar-refractivity contribution in [1.29, 1.82) is 0 Å². The van der Waals surface area contributed by atoms with E-state index in [4.69, 9.17) is 21.6 Å². The van der Waals surface area contributed by atoms with Crippen LogP contribution in [0.25, 0.3) is 11.2 Å². The van der Waals surface area contributed by atoms with Crippen LogP contribution in [0.15, 0.2) is 12.1 Å². The number of nitrogens with zero attached hydrogens (tertiary/aromatic N) is 3. The Balaban J connectivity index is 2.14. The first-order valence-electron chi connectivity index (χ1n) is 7.57. The van der Waals surface area contributed by atoms with Gasteiger partial charge in [0.25, 0.3) is 0 Å². The maximum atomic E-state index is 6.36. The molecule has 108 valence electrons. The fraction of sp³-hybridized carbons (Fsp3) is 0.625. The molecule has 2 unspecified atom stereocenters. The van der Waals surface area contributed by atoms with Crippen LogP contribution in [0.5, 0.6) is 0 Å². The molecule has 3 rings (SSSR count). The van der Waals surface area contributed by atoms with Gasteiger partial charge in [-0.2, -0.15) is 0 Å². The number of pyridine rings is 1. The van der Waals surface area contributed by atoms with Crippen LogP contribution in [0.2, 0.25) is 0 Å². The topological polar surface area (TPSA) is 30.7 Å². The van der Waals surface area contributed by atoms with Crippen LogP contribution in [-0.4, -0.2) is 14.5 Å². The quantitative estimate of drug-likeness (QED) is 0.761. The second kappa shape index (κ2) is 5.36. The zero-order valence-electron chi connectivity index (χ0n) is 12.4. The highest BCUT2D eigenvalue weighted by molar-refractivity contribution is 6.20. The van der Waals surface area contributed by atoms with Crippen molar-refractivity contribution in [3.8, 4) is 0 Å². The molecular weight excluding hydrogens is 270 g/mol. The molecule has 1 aliphatic carbocycles. The largest absolute Gasteiger partial charge is 0.308 e. The number of aryl methyl sites for hydroxylation is 1. The Hall–Kier alpha value is -1.09. The molecule has 1 aliphatic rings. The molecule has 3 nitrogen and oxygen atoms in total. The number of rotatable bonds is 3. The van der Waals surface area contributed by atoms with E-state index in [1.54, 1.807) is 0 Å². The fourth-order valence-electron chi connectivity index (χ4n) is 3.42. The lowest BCUT2D eigenvalue weighted by atomic mass is 9.99. The molecule has 0 bridgehead atoms. The molecule has 0 spiro atoms. The SMILES string of the molecule is Cc1ccc2nc(C(C)Cl)n(C(C)C3CCCC3)c2n1. The van der Waals surface area contributed by atoms with Crippen molar-refractivity contribution in [2.45, 2.75) is 57.9 Å². The number of hydrogen-bond acceptors (Lipinski definition) is 2. The summed E-state index contributed by atoms with van der Waals surface area (Å²) in [6.07, 6.45) is 5.31. The van der Waals surface area contributed by atoms with Crippen LogP contribution in [0.1, 0.15) is 62.5 Å². The molecule has 0 amide bonds. The van der Waals surface area contributed by atoms with E-state index in [2.05, 4.69) is 17.6 Å². The molecule has 0 saturated heterocycles. The molecule has 0 aromatic carbocycles. The third kappa shape index (κ3) is 2.32. The predicted octanol–water partition coefficient (Wildman–Crippen LogP) is 4.79. The first-order chi connectivity index (χ1) is 9.58. The lowest BCUT2D eigenvalue weighted by Gasteiger charge is -2.23. The van der Waals surface area contributed by atoms with Gasteiger partial charge in [-0.1, -0.05) is 12.8 Å². The third-order valence-electron chi connectivity index (χ3n) is 4.55. The van der Waals surface area contributed by atoms with E-state index in [-0.39, 0.29) is 5.38 Å². The van der Waals surface area contributed by atoms with Crippen molar-refractivity contribution in [1.82, 2.24) is 14.5 Å². The zero-order chi connectivity index (χ0) is 14.3. The summed E-state index contributed by atoms with van der Waals surface area (Å²) >= 11 is 6.36. The maximum absolute atomic E-state index is 6.36. The Morgan fingerprint density at radius 3 is 2.55 bits per heavy atom. The van der Waals surface area contributed by atoms with Crippen molar-refractivity contribution in [2.24, 2.45) is 5.92 Å². The number of hydrogen-bond donors (Lipinski definition) is 0. The smallest absolute Gasteiger partial charge is 0.160 e.